The fourth-order valence-corrected chi connectivity index (χ4v) is 3.70. The number of nitro groups is 1. The second-order valence-corrected chi connectivity index (χ2v) is 7.87. The van der Waals surface area contributed by atoms with Crippen molar-refractivity contribution in [2.45, 2.75) is 31.3 Å². The fraction of sp³-hybridized carbons (Fsp3) is 0.238. The van der Waals surface area contributed by atoms with Gasteiger partial charge in [-0.1, -0.05) is 6.07 Å². The monoisotopic (exact) mass is 509 g/mol. The average molecular weight is 509 g/mol. The Kier molecular flexibility index (Phi) is 6.26. The summed E-state index contributed by atoms with van der Waals surface area (Å²) in [4.78, 5) is 17.8. The lowest BCUT2D eigenvalue weighted by Crippen LogP contribution is -2.40. The van der Waals surface area contributed by atoms with Gasteiger partial charge in [0.05, 0.1) is 29.3 Å². The molecule has 0 radical (unpaired) electrons. The maximum atomic E-state index is 14.7. The molecular weight excluding hydrogens is 493 g/mol. The van der Waals surface area contributed by atoms with E-state index in [9.17, 15) is 37.2 Å². The molecule has 0 amide bonds. The van der Waals surface area contributed by atoms with E-state index in [4.69, 9.17) is 0 Å². The Bertz CT molecular complexity index is 1410. The van der Waals surface area contributed by atoms with Crippen LogP contribution in [-0.2, 0) is 18.3 Å². The lowest BCUT2D eigenvalue weighted by atomic mass is 9.86. The smallest absolute Gasteiger partial charge is 0.381 e. The van der Waals surface area contributed by atoms with E-state index in [1.54, 1.807) is 0 Å². The van der Waals surface area contributed by atoms with E-state index < -0.39 is 45.6 Å². The number of alkyl halides is 3. The Morgan fingerprint density at radius 2 is 1.92 bits per heavy atom. The minimum atomic E-state index is -4.84. The molecule has 0 unspecified atom stereocenters. The van der Waals surface area contributed by atoms with Gasteiger partial charge in [-0.25, -0.2) is 23.4 Å². The molecule has 0 saturated heterocycles. The van der Waals surface area contributed by atoms with Gasteiger partial charge in [-0.05, 0) is 13.0 Å². The Hall–Kier alpha value is -4.27. The molecule has 0 bridgehead atoms. The first-order valence-electron chi connectivity index (χ1n) is 10.2. The molecule has 4 aromatic rings. The Morgan fingerprint density at radius 1 is 1.17 bits per heavy atom. The summed E-state index contributed by atoms with van der Waals surface area (Å²) in [5.41, 5.74) is -4.99. The molecule has 0 aliphatic rings. The molecule has 10 nitrogen and oxygen atoms in total. The highest BCUT2D eigenvalue weighted by atomic mass is 19.4. The first-order valence-corrected chi connectivity index (χ1v) is 10.2. The van der Waals surface area contributed by atoms with E-state index in [0.717, 1.165) is 23.0 Å². The molecule has 2 atom stereocenters. The Balaban J connectivity index is 1.77. The van der Waals surface area contributed by atoms with Crippen LogP contribution in [0.15, 0.2) is 55.5 Å². The number of hydrogen-bond donors (Lipinski definition) is 1. The van der Waals surface area contributed by atoms with Crippen molar-refractivity contribution in [1.29, 1.82) is 0 Å². The second kappa shape index (κ2) is 9.07. The minimum absolute atomic E-state index is 0.0232. The van der Waals surface area contributed by atoms with E-state index in [2.05, 4.69) is 20.2 Å². The Labute approximate surface area is 198 Å². The summed E-state index contributed by atoms with van der Waals surface area (Å²) in [6.07, 6.45) is 0.387. The van der Waals surface area contributed by atoms with Crippen LogP contribution in [0.5, 0.6) is 0 Å². The molecule has 0 spiro atoms. The topological polar surface area (TPSA) is 125 Å². The normalized spacial score (nSPS) is 14.4. The van der Waals surface area contributed by atoms with Crippen LogP contribution in [0.25, 0.3) is 11.3 Å². The van der Waals surface area contributed by atoms with Crippen molar-refractivity contribution in [1.82, 2.24) is 29.5 Å². The summed E-state index contributed by atoms with van der Waals surface area (Å²) >= 11 is 0. The van der Waals surface area contributed by atoms with E-state index in [1.165, 1.54) is 30.5 Å². The van der Waals surface area contributed by atoms with Crippen LogP contribution in [0, 0.1) is 21.7 Å². The lowest BCUT2D eigenvalue weighted by molar-refractivity contribution is -0.384. The molecular formula is C21H16F5N7O3. The SMILES string of the molecule is C[C@@H](n1cc(-c2ncc(C(F)(F)F)cc2[N+](=O)[O-])cn1)[C@](O)(Cn1cncn1)c1ccc(F)cc1F. The van der Waals surface area contributed by atoms with E-state index in [-0.39, 0.29) is 23.4 Å². The summed E-state index contributed by atoms with van der Waals surface area (Å²) in [5, 5.41) is 31.0. The van der Waals surface area contributed by atoms with Crippen LogP contribution >= 0.6 is 0 Å². The largest absolute Gasteiger partial charge is 0.418 e. The van der Waals surface area contributed by atoms with Gasteiger partial charge in [-0.2, -0.15) is 23.4 Å². The van der Waals surface area contributed by atoms with Crippen LogP contribution in [0.4, 0.5) is 27.6 Å². The van der Waals surface area contributed by atoms with Crippen molar-refractivity contribution in [2.24, 2.45) is 0 Å². The average Bonchev–Trinajstić information content (AvgIpc) is 3.49. The zero-order valence-corrected chi connectivity index (χ0v) is 18.3. The van der Waals surface area contributed by atoms with Crippen LogP contribution in [-0.4, -0.2) is 39.6 Å². The fourth-order valence-electron chi connectivity index (χ4n) is 3.70. The van der Waals surface area contributed by atoms with Gasteiger partial charge >= 0.3 is 6.18 Å². The molecule has 0 saturated carbocycles. The van der Waals surface area contributed by atoms with Crippen molar-refractivity contribution >= 4 is 5.69 Å². The number of aromatic nitrogens is 6. The van der Waals surface area contributed by atoms with Crippen LogP contribution in [0.3, 0.4) is 0 Å². The molecule has 4 rings (SSSR count). The van der Waals surface area contributed by atoms with Gasteiger partial charge in [0.2, 0.25) is 0 Å². The standard InChI is InChI=1S/C21H16F5N7O3/c1-12(20(34,9-31-11-27-10-30-31)16-3-2-15(22)5-17(16)23)32-8-13(6-29-32)19-18(33(35)36)4-14(7-28-19)21(24,25)26/h2-8,10-12,34H,9H2,1H3/t12-,20-/m1/s1. The molecule has 0 fully saturated rings. The first-order chi connectivity index (χ1) is 16.9. The third kappa shape index (κ3) is 4.64. The minimum Gasteiger partial charge on any atom is -0.381 e. The number of aliphatic hydroxyl groups is 1. The number of nitrogens with zero attached hydrogens (tertiary/aromatic N) is 7. The van der Waals surface area contributed by atoms with Gasteiger partial charge in [0.15, 0.2) is 5.69 Å². The lowest BCUT2D eigenvalue weighted by Gasteiger charge is -2.34. The molecule has 3 heterocycles. The van der Waals surface area contributed by atoms with E-state index in [1.807, 2.05) is 0 Å². The first kappa shape index (κ1) is 24.8. The van der Waals surface area contributed by atoms with Crippen LogP contribution < -0.4 is 0 Å². The predicted molar refractivity (Wildman–Crippen MR) is 112 cm³/mol. The summed E-state index contributed by atoms with van der Waals surface area (Å²) in [6, 6.07) is 1.88. The molecule has 1 aromatic carbocycles. The maximum absolute atomic E-state index is 14.7. The van der Waals surface area contributed by atoms with Gasteiger partial charge < -0.3 is 5.11 Å². The van der Waals surface area contributed by atoms with Crippen molar-refractivity contribution in [2.75, 3.05) is 0 Å². The van der Waals surface area contributed by atoms with E-state index in [0.29, 0.717) is 18.3 Å². The number of halogens is 5. The van der Waals surface area contributed by atoms with Crippen LogP contribution in [0.1, 0.15) is 24.1 Å². The van der Waals surface area contributed by atoms with Gasteiger partial charge in [0.1, 0.15) is 29.9 Å². The molecule has 36 heavy (non-hydrogen) atoms. The summed E-state index contributed by atoms with van der Waals surface area (Å²) in [6.45, 7) is 1.11. The highest BCUT2D eigenvalue weighted by molar-refractivity contribution is 5.68. The summed E-state index contributed by atoms with van der Waals surface area (Å²) < 4.78 is 69.7. The van der Waals surface area contributed by atoms with Gasteiger partial charge in [0.25, 0.3) is 5.69 Å². The van der Waals surface area contributed by atoms with Crippen molar-refractivity contribution < 1.29 is 32.0 Å². The van der Waals surface area contributed by atoms with Crippen molar-refractivity contribution in [3.05, 3.63) is 88.4 Å². The highest BCUT2D eigenvalue weighted by Crippen LogP contribution is 2.39. The molecule has 3 aromatic heterocycles. The predicted octanol–water partition coefficient (Wildman–Crippen LogP) is 3.89. The number of rotatable bonds is 7. The highest BCUT2D eigenvalue weighted by Gasteiger charge is 2.41. The number of pyridine rings is 1. The molecule has 1 N–H and O–H groups in total. The summed E-state index contributed by atoms with van der Waals surface area (Å²) in [7, 11) is 0. The second-order valence-electron chi connectivity index (χ2n) is 7.87. The number of hydrogen-bond acceptors (Lipinski definition) is 7. The maximum Gasteiger partial charge on any atom is 0.418 e. The Morgan fingerprint density at radius 3 is 2.53 bits per heavy atom. The third-order valence-corrected chi connectivity index (χ3v) is 5.62. The zero-order valence-electron chi connectivity index (χ0n) is 18.3. The van der Waals surface area contributed by atoms with E-state index >= 15 is 0 Å². The van der Waals surface area contributed by atoms with Crippen molar-refractivity contribution in [3.63, 3.8) is 0 Å². The zero-order chi connectivity index (χ0) is 26.3. The quantitative estimate of drug-likeness (QED) is 0.228. The van der Waals surface area contributed by atoms with Crippen LogP contribution in [0.2, 0.25) is 0 Å². The van der Waals surface area contributed by atoms with Gasteiger partial charge in [0, 0.05) is 35.7 Å². The summed E-state index contributed by atoms with van der Waals surface area (Å²) in [5.74, 6) is -1.91. The van der Waals surface area contributed by atoms with Gasteiger partial charge in [-0.15, -0.1) is 0 Å². The third-order valence-electron chi connectivity index (χ3n) is 5.62. The molecule has 0 aliphatic carbocycles. The molecule has 188 valence electrons. The molecule has 15 heteroatoms. The molecule has 0 aliphatic heterocycles. The van der Waals surface area contributed by atoms with Gasteiger partial charge in [-0.3, -0.25) is 14.8 Å². The van der Waals surface area contributed by atoms with Crippen molar-refractivity contribution in [3.8, 4) is 11.3 Å². The number of benzene rings is 1.